The molecule has 4 nitrogen and oxygen atoms in total. The summed E-state index contributed by atoms with van der Waals surface area (Å²) in [5, 5.41) is 3.96. The fraction of sp³-hybridized carbons (Fsp3) is 0.588. The zero-order valence-corrected chi connectivity index (χ0v) is 15.8. The minimum Gasteiger partial charge on any atom is -0.345 e. The molecule has 0 aliphatic carbocycles. The van der Waals surface area contributed by atoms with Crippen molar-refractivity contribution in [2.45, 2.75) is 46.1 Å². The van der Waals surface area contributed by atoms with Crippen molar-refractivity contribution in [3.63, 3.8) is 0 Å². The van der Waals surface area contributed by atoms with E-state index in [0.29, 0.717) is 11.5 Å². The Hall–Kier alpha value is -1.14. The van der Waals surface area contributed by atoms with E-state index in [1.54, 1.807) is 0 Å². The van der Waals surface area contributed by atoms with E-state index < -0.39 is 9.84 Å². The van der Waals surface area contributed by atoms with E-state index in [4.69, 9.17) is 12.2 Å². The van der Waals surface area contributed by atoms with Crippen LogP contribution in [-0.4, -0.2) is 42.5 Å². The van der Waals surface area contributed by atoms with Crippen LogP contribution in [0.3, 0.4) is 0 Å². The minimum atomic E-state index is -2.92. The molecule has 1 saturated heterocycles. The first-order chi connectivity index (χ1) is 10.8. The molecule has 6 heteroatoms. The van der Waals surface area contributed by atoms with Crippen LogP contribution in [0.1, 0.15) is 37.3 Å². The molecule has 1 heterocycles. The number of sulfone groups is 1. The highest BCUT2D eigenvalue weighted by atomic mass is 32.2. The fourth-order valence-corrected chi connectivity index (χ4v) is 4.95. The summed E-state index contributed by atoms with van der Waals surface area (Å²) < 4.78 is 23.6. The highest BCUT2D eigenvalue weighted by Gasteiger charge is 2.33. The number of unbranched alkanes of at least 4 members (excludes halogenated alkanes) is 1. The van der Waals surface area contributed by atoms with Crippen molar-refractivity contribution in [2.24, 2.45) is 0 Å². The lowest BCUT2D eigenvalue weighted by Crippen LogP contribution is -2.44. The van der Waals surface area contributed by atoms with Gasteiger partial charge < -0.3 is 10.2 Å². The van der Waals surface area contributed by atoms with Gasteiger partial charge in [-0.3, -0.25) is 0 Å². The summed E-state index contributed by atoms with van der Waals surface area (Å²) in [5.41, 5.74) is 3.38. The molecule has 2 rings (SSSR count). The summed E-state index contributed by atoms with van der Waals surface area (Å²) in [5.74, 6) is 0.484. The summed E-state index contributed by atoms with van der Waals surface area (Å²) in [6, 6.07) is 6.08. The average molecular weight is 355 g/mol. The number of hydrogen-bond acceptors (Lipinski definition) is 3. The Morgan fingerprint density at radius 3 is 2.74 bits per heavy atom. The molecule has 0 saturated carbocycles. The van der Waals surface area contributed by atoms with Gasteiger partial charge in [-0.1, -0.05) is 25.5 Å². The van der Waals surface area contributed by atoms with Crippen LogP contribution in [0.15, 0.2) is 18.2 Å². The van der Waals surface area contributed by atoms with Gasteiger partial charge in [-0.05, 0) is 56.1 Å². The predicted octanol–water partition coefficient (Wildman–Crippen LogP) is 3.29. The van der Waals surface area contributed by atoms with Crippen molar-refractivity contribution < 1.29 is 8.42 Å². The van der Waals surface area contributed by atoms with Crippen molar-refractivity contribution in [2.75, 3.05) is 23.4 Å². The maximum Gasteiger partial charge on any atom is 0.173 e. The molecule has 1 aliphatic rings. The molecule has 0 unspecified atom stereocenters. The third kappa shape index (κ3) is 4.67. The molecular weight excluding hydrogens is 328 g/mol. The van der Waals surface area contributed by atoms with Crippen LogP contribution in [0.5, 0.6) is 0 Å². The van der Waals surface area contributed by atoms with Gasteiger partial charge >= 0.3 is 0 Å². The Labute approximate surface area is 145 Å². The molecule has 1 aromatic rings. The van der Waals surface area contributed by atoms with E-state index in [1.165, 1.54) is 11.1 Å². The summed E-state index contributed by atoms with van der Waals surface area (Å²) in [7, 11) is -2.92. The first-order valence-electron chi connectivity index (χ1n) is 8.18. The van der Waals surface area contributed by atoms with Crippen molar-refractivity contribution in [1.82, 2.24) is 4.90 Å². The number of nitrogens with zero attached hydrogens (tertiary/aromatic N) is 1. The van der Waals surface area contributed by atoms with E-state index >= 15 is 0 Å². The van der Waals surface area contributed by atoms with Crippen LogP contribution in [0.4, 0.5) is 5.69 Å². The third-order valence-corrected chi connectivity index (χ3v) is 6.60. The molecule has 128 valence electrons. The largest absolute Gasteiger partial charge is 0.345 e. The smallest absolute Gasteiger partial charge is 0.173 e. The van der Waals surface area contributed by atoms with E-state index in [9.17, 15) is 8.42 Å². The molecule has 0 amide bonds. The van der Waals surface area contributed by atoms with Crippen LogP contribution in [0.2, 0.25) is 0 Å². The molecule has 1 atom stereocenters. The molecule has 1 fully saturated rings. The predicted molar refractivity (Wildman–Crippen MR) is 101 cm³/mol. The lowest BCUT2D eigenvalue weighted by Gasteiger charge is -2.31. The van der Waals surface area contributed by atoms with Crippen molar-refractivity contribution in [1.29, 1.82) is 0 Å². The molecule has 1 aliphatic heterocycles. The number of anilines is 1. The first-order valence-corrected chi connectivity index (χ1v) is 10.4. The van der Waals surface area contributed by atoms with Gasteiger partial charge in [-0.15, -0.1) is 0 Å². The number of aryl methyl sites for hydroxylation is 1. The summed E-state index contributed by atoms with van der Waals surface area (Å²) in [6.45, 7) is 7.07. The normalized spacial score (nSPS) is 19.5. The second-order valence-corrected chi connectivity index (χ2v) is 8.90. The number of benzene rings is 1. The van der Waals surface area contributed by atoms with Crippen LogP contribution in [0, 0.1) is 13.8 Å². The molecule has 0 radical (unpaired) electrons. The third-order valence-electron chi connectivity index (χ3n) is 4.51. The minimum absolute atomic E-state index is 0.00309. The SMILES string of the molecule is CCCCN(C(=S)Nc1cccc(C)c1C)[C@H]1CCS(=O)(=O)C1. The Balaban J connectivity index is 2.15. The molecule has 1 aromatic carbocycles. The van der Waals surface area contributed by atoms with Crippen LogP contribution < -0.4 is 5.32 Å². The monoisotopic (exact) mass is 354 g/mol. The molecule has 0 aromatic heterocycles. The zero-order chi connectivity index (χ0) is 17.0. The second kappa shape index (κ2) is 7.62. The highest BCUT2D eigenvalue weighted by molar-refractivity contribution is 7.91. The fourth-order valence-electron chi connectivity index (χ4n) is 2.87. The Bertz CT molecular complexity index is 671. The number of hydrogen-bond donors (Lipinski definition) is 1. The Kier molecular flexibility index (Phi) is 6.03. The molecular formula is C17H26N2O2S2. The van der Waals surface area contributed by atoms with Crippen LogP contribution in [-0.2, 0) is 9.84 Å². The first kappa shape index (κ1) is 18.2. The van der Waals surface area contributed by atoms with Gasteiger partial charge in [0.25, 0.3) is 0 Å². The maximum absolute atomic E-state index is 11.8. The topological polar surface area (TPSA) is 49.4 Å². The van der Waals surface area contributed by atoms with Gasteiger partial charge in [0.15, 0.2) is 14.9 Å². The van der Waals surface area contributed by atoms with E-state index in [1.807, 2.05) is 12.1 Å². The molecule has 1 N–H and O–H groups in total. The van der Waals surface area contributed by atoms with Crippen molar-refractivity contribution in [3.8, 4) is 0 Å². The number of thiocarbonyl (C=S) groups is 1. The van der Waals surface area contributed by atoms with E-state index in [-0.39, 0.29) is 17.5 Å². The lowest BCUT2D eigenvalue weighted by molar-refractivity contribution is 0.333. The van der Waals surface area contributed by atoms with Gasteiger partial charge in [-0.25, -0.2) is 8.42 Å². The Morgan fingerprint density at radius 1 is 1.39 bits per heavy atom. The van der Waals surface area contributed by atoms with Gasteiger partial charge in [0.2, 0.25) is 0 Å². The molecule has 23 heavy (non-hydrogen) atoms. The van der Waals surface area contributed by atoms with Gasteiger partial charge in [0.1, 0.15) is 0 Å². The Morgan fingerprint density at radius 2 is 2.13 bits per heavy atom. The van der Waals surface area contributed by atoms with E-state index in [0.717, 1.165) is 25.1 Å². The van der Waals surface area contributed by atoms with Crippen molar-refractivity contribution in [3.05, 3.63) is 29.3 Å². The number of nitrogens with one attached hydrogen (secondary N) is 1. The van der Waals surface area contributed by atoms with Crippen LogP contribution >= 0.6 is 12.2 Å². The second-order valence-electron chi connectivity index (χ2n) is 6.28. The average Bonchev–Trinajstić information content (AvgIpc) is 2.84. The molecule has 0 bridgehead atoms. The van der Waals surface area contributed by atoms with Gasteiger partial charge in [-0.2, -0.15) is 0 Å². The number of rotatable bonds is 5. The molecule has 0 spiro atoms. The maximum atomic E-state index is 11.8. The van der Waals surface area contributed by atoms with E-state index in [2.05, 4.69) is 37.1 Å². The van der Waals surface area contributed by atoms with Gasteiger partial charge in [0.05, 0.1) is 11.5 Å². The standard InChI is InChI=1S/C17H26N2O2S2/c1-4-5-10-19(15-9-11-23(20,21)12-15)17(22)18-16-8-6-7-13(2)14(16)3/h6-8,15H,4-5,9-12H2,1-3H3,(H,18,22)/t15-/m0/s1. The lowest BCUT2D eigenvalue weighted by atomic mass is 10.1. The summed E-state index contributed by atoms with van der Waals surface area (Å²) in [4.78, 5) is 2.07. The van der Waals surface area contributed by atoms with Crippen molar-refractivity contribution >= 4 is 32.9 Å². The summed E-state index contributed by atoms with van der Waals surface area (Å²) >= 11 is 5.61. The zero-order valence-electron chi connectivity index (χ0n) is 14.1. The summed E-state index contributed by atoms with van der Waals surface area (Å²) in [6.07, 6.45) is 2.73. The quantitative estimate of drug-likeness (QED) is 0.822. The van der Waals surface area contributed by atoms with Crippen LogP contribution in [0.25, 0.3) is 0 Å². The van der Waals surface area contributed by atoms with Gasteiger partial charge in [0, 0.05) is 18.3 Å². The highest BCUT2D eigenvalue weighted by Crippen LogP contribution is 2.22.